The number of carbonyl (C=O) groups is 2. The molecule has 0 aromatic heterocycles. The molecule has 1 aromatic carbocycles. The van der Waals surface area contributed by atoms with Crippen LogP contribution in [-0.2, 0) is 20.7 Å². The molecule has 1 radical (unpaired) electrons. The lowest BCUT2D eigenvalue weighted by Crippen LogP contribution is -2.49. The van der Waals surface area contributed by atoms with Gasteiger partial charge in [-0.1, -0.05) is 38.1 Å². The van der Waals surface area contributed by atoms with Crippen LogP contribution in [0.5, 0.6) is 5.75 Å². The molecule has 0 fully saturated rings. The van der Waals surface area contributed by atoms with E-state index in [-0.39, 0.29) is 18.6 Å². The largest absolute Gasteiger partial charge is 0.490 e. The summed E-state index contributed by atoms with van der Waals surface area (Å²) in [5, 5.41) is 2.69. The van der Waals surface area contributed by atoms with Crippen LogP contribution in [0.25, 0.3) is 0 Å². The van der Waals surface area contributed by atoms with Gasteiger partial charge in [-0.2, -0.15) is 12.6 Å². The van der Waals surface area contributed by atoms with E-state index in [0.717, 1.165) is 11.3 Å². The van der Waals surface area contributed by atoms with Crippen molar-refractivity contribution in [1.29, 1.82) is 0 Å². The monoisotopic (exact) mass is 406 g/mol. The predicted octanol–water partition coefficient (Wildman–Crippen LogP) is 1.06. The maximum absolute atomic E-state index is 12.6. The number of nitrogens with two attached hydrogens (primary N) is 2. The normalized spacial score (nSPS) is 13.3. The topological polar surface area (TPSA) is 117 Å². The first-order valence-electron chi connectivity index (χ1n) is 9.11. The minimum absolute atomic E-state index is 0.0419. The number of thiol groups is 1. The zero-order valence-electron chi connectivity index (χ0n) is 16.3. The molecule has 0 spiro atoms. The molecule has 0 saturated carbocycles. The Labute approximate surface area is 172 Å². The van der Waals surface area contributed by atoms with Crippen LogP contribution in [0.2, 0.25) is 5.82 Å². The van der Waals surface area contributed by atoms with Gasteiger partial charge in [-0.3, -0.25) is 9.59 Å². The van der Waals surface area contributed by atoms with Gasteiger partial charge in [-0.15, -0.1) is 0 Å². The molecule has 2 amide bonds. The number of benzene rings is 1. The highest BCUT2D eigenvalue weighted by atomic mass is 32.1. The van der Waals surface area contributed by atoms with Crippen molar-refractivity contribution in [2.24, 2.45) is 17.4 Å². The number of amides is 2. The van der Waals surface area contributed by atoms with Crippen LogP contribution in [0.4, 0.5) is 0 Å². The lowest BCUT2D eigenvalue weighted by atomic mass is 9.75. The van der Waals surface area contributed by atoms with Gasteiger partial charge in [-0.25, -0.2) is 0 Å². The van der Waals surface area contributed by atoms with Crippen molar-refractivity contribution in [3.8, 4) is 5.75 Å². The van der Waals surface area contributed by atoms with Crippen LogP contribution in [0.3, 0.4) is 0 Å². The molecule has 0 aliphatic heterocycles. The fourth-order valence-electron chi connectivity index (χ4n) is 2.46. The first kappa shape index (κ1) is 24.1. The van der Waals surface area contributed by atoms with E-state index in [1.54, 1.807) is 0 Å². The van der Waals surface area contributed by atoms with Gasteiger partial charge in [0, 0.05) is 11.6 Å². The third-order valence-corrected chi connectivity index (χ3v) is 4.17. The standard InChI is InChI=1S/C19H29BN3O4S/c1-13(2)17(18(22)24)23-19(25)16(20-27-12-21)11-14-5-7-15(8-6-14)26-9-3-4-10-28/h3-8,13,16-17,28H,9-12,21H2,1-2H3,(H2,22,24)(H,23,25)/t16-,17-/m0/s1. The van der Waals surface area contributed by atoms with E-state index >= 15 is 0 Å². The van der Waals surface area contributed by atoms with Gasteiger partial charge in [0.1, 0.15) is 18.4 Å². The molecule has 0 aliphatic rings. The van der Waals surface area contributed by atoms with Crippen molar-refractivity contribution in [1.82, 2.24) is 5.32 Å². The fourth-order valence-corrected chi connectivity index (χ4v) is 2.61. The Balaban J connectivity index is 2.75. The summed E-state index contributed by atoms with van der Waals surface area (Å²) in [6.45, 7) is 4.05. The van der Waals surface area contributed by atoms with Crippen LogP contribution in [-0.4, -0.2) is 44.4 Å². The van der Waals surface area contributed by atoms with Gasteiger partial charge in [0.05, 0.1) is 6.73 Å². The zero-order valence-corrected chi connectivity index (χ0v) is 17.2. The van der Waals surface area contributed by atoms with E-state index in [4.69, 9.17) is 20.9 Å². The van der Waals surface area contributed by atoms with Gasteiger partial charge in [-0.05, 0) is 30.0 Å². The average Bonchev–Trinajstić information content (AvgIpc) is 2.67. The molecule has 1 aromatic rings. The molecule has 0 bridgehead atoms. The van der Waals surface area contributed by atoms with Gasteiger partial charge >= 0.3 is 7.48 Å². The van der Waals surface area contributed by atoms with Gasteiger partial charge in [0.15, 0.2) is 0 Å². The van der Waals surface area contributed by atoms with Crippen LogP contribution in [0.15, 0.2) is 36.4 Å². The van der Waals surface area contributed by atoms with Crippen molar-refractivity contribution in [2.75, 3.05) is 19.1 Å². The number of primary amides is 1. The van der Waals surface area contributed by atoms with Crippen molar-refractivity contribution in [2.45, 2.75) is 32.1 Å². The van der Waals surface area contributed by atoms with Gasteiger partial charge in [0.25, 0.3) is 0 Å². The molecular weight excluding hydrogens is 377 g/mol. The predicted molar refractivity (Wildman–Crippen MR) is 114 cm³/mol. The van der Waals surface area contributed by atoms with E-state index in [1.807, 2.05) is 50.3 Å². The molecule has 28 heavy (non-hydrogen) atoms. The summed E-state index contributed by atoms with van der Waals surface area (Å²) in [5.41, 5.74) is 11.7. The summed E-state index contributed by atoms with van der Waals surface area (Å²) in [5.74, 6) is -0.261. The minimum Gasteiger partial charge on any atom is -0.490 e. The van der Waals surface area contributed by atoms with Crippen molar-refractivity contribution in [3.63, 3.8) is 0 Å². The number of rotatable bonds is 13. The summed E-state index contributed by atoms with van der Waals surface area (Å²) in [6.07, 6.45) is 4.18. The molecule has 7 nitrogen and oxygen atoms in total. The smallest absolute Gasteiger partial charge is 0.307 e. The second kappa shape index (κ2) is 13.3. The molecule has 9 heteroatoms. The van der Waals surface area contributed by atoms with Crippen LogP contribution in [0, 0.1) is 5.92 Å². The average molecular weight is 406 g/mol. The van der Waals surface area contributed by atoms with Crippen molar-refractivity contribution < 1.29 is 19.0 Å². The highest BCUT2D eigenvalue weighted by molar-refractivity contribution is 7.80. The molecule has 0 aliphatic carbocycles. The molecule has 2 atom stereocenters. The molecule has 0 unspecified atom stereocenters. The van der Waals surface area contributed by atoms with E-state index in [2.05, 4.69) is 17.9 Å². The summed E-state index contributed by atoms with van der Waals surface area (Å²) in [6, 6.07) is 6.68. The second-order valence-corrected chi connectivity index (χ2v) is 6.89. The lowest BCUT2D eigenvalue weighted by molar-refractivity contribution is -0.128. The summed E-state index contributed by atoms with van der Waals surface area (Å²) < 4.78 is 10.7. The van der Waals surface area contributed by atoms with E-state index in [0.29, 0.717) is 18.8 Å². The SMILES string of the molecule is CC(C)[C@H](NC(=O)[C@@H]([B]OCN)Cc1ccc(OCC=CCS)cc1)C(N)=O. The summed E-state index contributed by atoms with van der Waals surface area (Å²) in [7, 11) is 1.39. The van der Waals surface area contributed by atoms with Crippen LogP contribution in [0.1, 0.15) is 19.4 Å². The Morgan fingerprint density at radius 3 is 2.46 bits per heavy atom. The van der Waals surface area contributed by atoms with Gasteiger partial charge in [0.2, 0.25) is 11.8 Å². The maximum atomic E-state index is 12.6. The molecule has 5 N–H and O–H groups in total. The molecule has 0 heterocycles. The molecule has 1 rings (SSSR count). The lowest BCUT2D eigenvalue weighted by Gasteiger charge is -2.22. The highest BCUT2D eigenvalue weighted by Gasteiger charge is 2.27. The molecule has 153 valence electrons. The van der Waals surface area contributed by atoms with E-state index < -0.39 is 17.8 Å². The fraction of sp³-hybridized carbons (Fsp3) is 0.474. The summed E-state index contributed by atoms with van der Waals surface area (Å²) in [4.78, 5) is 24.2. The number of hydrogen-bond acceptors (Lipinski definition) is 6. The number of nitrogens with one attached hydrogen (secondary N) is 1. The Kier molecular flexibility index (Phi) is 11.4. The summed E-state index contributed by atoms with van der Waals surface area (Å²) >= 11 is 4.09. The first-order valence-corrected chi connectivity index (χ1v) is 9.74. The first-order chi connectivity index (χ1) is 13.4. The molecule has 0 saturated heterocycles. The van der Waals surface area contributed by atoms with Crippen molar-refractivity contribution >= 4 is 31.9 Å². The maximum Gasteiger partial charge on any atom is 0.307 e. The highest BCUT2D eigenvalue weighted by Crippen LogP contribution is 2.18. The Bertz CT molecular complexity index is 641. The second-order valence-electron chi connectivity index (χ2n) is 6.52. The minimum atomic E-state index is -0.748. The number of hydrogen-bond donors (Lipinski definition) is 4. The van der Waals surface area contributed by atoms with Gasteiger partial charge < -0.3 is 26.2 Å². The quantitative estimate of drug-likeness (QED) is 0.169. The van der Waals surface area contributed by atoms with Crippen molar-refractivity contribution in [3.05, 3.63) is 42.0 Å². The van der Waals surface area contributed by atoms with Crippen LogP contribution >= 0.6 is 12.6 Å². The third-order valence-electron chi connectivity index (χ3n) is 3.96. The van der Waals surface area contributed by atoms with E-state index in [9.17, 15) is 9.59 Å². The Morgan fingerprint density at radius 2 is 1.93 bits per heavy atom. The third kappa shape index (κ3) is 8.82. The zero-order chi connectivity index (χ0) is 20.9. The molecular formula is C19H29BN3O4S. The van der Waals surface area contributed by atoms with Crippen LogP contribution < -0.4 is 21.5 Å². The van der Waals surface area contributed by atoms with E-state index in [1.165, 1.54) is 7.48 Å². The Morgan fingerprint density at radius 1 is 1.25 bits per heavy atom. The number of ether oxygens (including phenoxy) is 1. The Hall–Kier alpha value is -1.97. The number of carbonyl (C=O) groups excluding carboxylic acids is 2.